The van der Waals surface area contributed by atoms with Gasteiger partial charge in [0.1, 0.15) is 5.41 Å². The Morgan fingerprint density at radius 3 is 1.47 bits per heavy atom. The van der Waals surface area contributed by atoms with Gasteiger partial charge in [0, 0.05) is 7.11 Å². The molecule has 0 heterocycles. The maximum absolute atomic E-state index is 14.0. The first-order valence-corrected chi connectivity index (χ1v) is 10.3. The maximum Gasteiger partial charge on any atom is 0.241 e. The van der Waals surface area contributed by atoms with Crippen molar-refractivity contribution in [1.29, 1.82) is 0 Å². The first kappa shape index (κ1) is 21.8. The molecule has 30 heavy (non-hydrogen) atoms. The van der Waals surface area contributed by atoms with Crippen LogP contribution in [0.15, 0.2) is 91.0 Å². The number of benzene rings is 3. The molecule has 0 aliphatic rings. The van der Waals surface area contributed by atoms with Crippen LogP contribution in [0.5, 0.6) is 0 Å². The van der Waals surface area contributed by atoms with Crippen LogP contribution in [0.4, 0.5) is 0 Å². The minimum absolute atomic E-state index is 0.308. The van der Waals surface area contributed by atoms with Crippen LogP contribution in [-0.4, -0.2) is 30.3 Å². The van der Waals surface area contributed by atoms with E-state index in [9.17, 15) is 9.59 Å². The lowest BCUT2D eigenvalue weighted by Crippen LogP contribution is -2.53. The highest BCUT2D eigenvalue weighted by Gasteiger charge is 2.45. The normalized spacial score (nSPS) is 13.3. The van der Waals surface area contributed by atoms with E-state index in [-0.39, 0.29) is 11.7 Å². The largest absolute Gasteiger partial charge is 0.354 e. The Balaban J connectivity index is 2.23. The molecule has 0 radical (unpaired) electrons. The lowest BCUT2D eigenvalue weighted by molar-refractivity contribution is -0.138. The molecule has 0 aliphatic carbocycles. The number of ether oxygens (including phenoxy) is 1. The second-order valence-electron chi connectivity index (χ2n) is 7.02. The number of rotatable bonds is 8. The van der Waals surface area contributed by atoms with Gasteiger partial charge in [0.25, 0.3) is 0 Å². The van der Waals surface area contributed by atoms with Crippen LogP contribution >= 0.6 is 12.6 Å². The predicted octanol–water partition coefficient (Wildman–Crippen LogP) is 4.00. The van der Waals surface area contributed by atoms with Crippen LogP contribution in [0, 0.1) is 0 Å². The molecule has 1 N–H and O–H groups in total. The van der Waals surface area contributed by atoms with E-state index in [1.807, 2.05) is 91.0 Å². The van der Waals surface area contributed by atoms with E-state index in [1.165, 1.54) is 7.11 Å². The number of thiol groups is 1. The molecule has 2 unspecified atom stereocenters. The van der Waals surface area contributed by atoms with Gasteiger partial charge in [0.2, 0.25) is 5.91 Å². The van der Waals surface area contributed by atoms with Crippen molar-refractivity contribution in [2.45, 2.75) is 23.8 Å². The van der Waals surface area contributed by atoms with Crippen molar-refractivity contribution in [3.63, 3.8) is 0 Å². The summed E-state index contributed by atoms with van der Waals surface area (Å²) in [5, 5.41) is 2.25. The molecule has 0 spiro atoms. The number of hydrogen-bond acceptors (Lipinski definition) is 4. The summed E-state index contributed by atoms with van der Waals surface area (Å²) in [5.41, 5.74) is 1.21. The minimum Gasteiger partial charge on any atom is -0.354 e. The molecule has 0 aliphatic heterocycles. The standard InChI is InChI=1S/C25H25NO3S/c1-18(30)22(27)23(29-2)26-24(28)25(19-12-6-3-7-13-19,20-14-8-4-9-15-20)21-16-10-5-11-17-21/h3-18,23,30H,1-2H3,(H,26,28). The Bertz CT molecular complexity index is 878. The number of carbonyl (C=O) groups is 2. The van der Waals surface area contributed by atoms with E-state index in [1.54, 1.807) is 6.92 Å². The Morgan fingerprint density at radius 1 is 0.800 bits per heavy atom. The monoisotopic (exact) mass is 419 g/mol. The van der Waals surface area contributed by atoms with Gasteiger partial charge in [-0.1, -0.05) is 91.0 Å². The third-order valence-electron chi connectivity index (χ3n) is 5.13. The van der Waals surface area contributed by atoms with E-state index >= 15 is 0 Å². The van der Waals surface area contributed by atoms with Gasteiger partial charge >= 0.3 is 0 Å². The molecule has 3 rings (SSSR count). The smallest absolute Gasteiger partial charge is 0.241 e. The molecule has 3 aromatic rings. The summed E-state index contributed by atoms with van der Waals surface area (Å²) in [6.45, 7) is 1.66. The number of amides is 1. The van der Waals surface area contributed by atoms with Crippen LogP contribution in [0.1, 0.15) is 23.6 Å². The van der Waals surface area contributed by atoms with Crippen molar-refractivity contribution in [2.24, 2.45) is 0 Å². The zero-order valence-corrected chi connectivity index (χ0v) is 17.9. The van der Waals surface area contributed by atoms with Crippen molar-refractivity contribution in [1.82, 2.24) is 5.32 Å². The van der Waals surface area contributed by atoms with Gasteiger partial charge < -0.3 is 10.1 Å². The highest BCUT2D eigenvalue weighted by Crippen LogP contribution is 2.39. The van der Waals surface area contributed by atoms with Gasteiger partial charge in [0.15, 0.2) is 12.0 Å². The molecule has 1 amide bonds. The highest BCUT2D eigenvalue weighted by atomic mass is 32.1. The molecular weight excluding hydrogens is 394 g/mol. The van der Waals surface area contributed by atoms with E-state index in [4.69, 9.17) is 4.74 Å². The summed E-state index contributed by atoms with van der Waals surface area (Å²) >= 11 is 4.21. The summed E-state index contributed by atoms with van der Waals surface area (Å²) in [7, 11) is 1.40. The van der Waals surface area contributed by atoms with Crippen molar-refractivity contribution in [3.8, 4) is 0 Å². The number of nitrogens with one attached hydrogen (secondary N) is 1. The zero-order valence-electron chi connectivity index (χ0n) is 17.0. The maximum atomic E-state index is 14.0. The molecular formula is C25H25NO3S. The summed E-state index contributed by atoms with van der Waals surface area (Å²) in [6, 6.07) is 28.7. The lowest BCUT2D eigenvalue weighted by atomic mass is 9.68. The first-order valence-electron chi connectivity index (χ1n) is 9.74. The number of Topliss-reactive ketones (excluding diaryl/α,β-unsaturated/α-hetero) is 1. The highest BCUT2D eigenvalue weighted by molar-refractivity contribution is 7.81. The van der Waals surface area contributed by atoms with E-state index in [2.05, 4.69) is 17.9 Å². The summed E-state index contributed by atoms with van der Waals surface area (Å²) in [4.78, 5) is 26.5. The van der Waals surface area contributed by atoms with Gasteiger partial charge in [0.05, 0.1) is 5.25 Å². The number of carbonyl (C=O) groups excluding carboxylic acids is 2. The zero-order chi connectivity index (χ0) is 21.6. The molecule has 2 atom stereocenters. The van der Waals surface area contributed by atoms with Crippen LogP contribution in [0.2, 0.25) is 0 Å². The molecule has 0 aromatic heterocycles. The fraction of sp³-hybridized carbons (Fsp3) is 0.200. The molecule has 0 bridgehead atoms. The van der Waals surface area contributed by atoms with Crippen LogP contribution in [-0.2, 0) is 19.7 Å². The minimum atomic E-state index is -1.17. The van der Waals surface area contributed by atoms with Gasteiger partial charge in [-0.05, 0) is 23.6 Å². The molecule has 154 valence electrons. The first-order chi connectivity index (χ1) is 14.5. The van der Waals surface area contributed by atoms with Gasteiger partial charge in [-0.2, -0.15) is 12.6 Å². The molecule has 0 fully saturated rings. The third-order valence-corrected chi connectivity index (χ3v) is 5.38. The summed E-state index contributed by atoms with van der Waals surface area (Å²) in [6.07, 6.45) is -1.10. The molecule has 5 heteroatoms. The Kier molecular flexibility index (Phi) is 7.08. The summed E-state index contributed by atoms with van der Waals surface area (Å²) in [5.74, 6) is -0.655. The molecule has 4 nitrogen and oxygen atoms in total. The third kappa shape index (κ3) is 4.18. The van der Waals surface area contributed by atoms with Crippen LogP contribution in [0.25, 0.3) is 0 Å². The molecule has 3 aromatic carbocycles. The fourth-order valence-corrected chi connectivity index (χ4v) is 3.79. The number of methoxy groups -OCH3 is 1. The topological polar surface area (TPSA) is 55.4 Å². The fourth-order valence-electron chi connectivity index (χ4n) is 3.65. The molecule has 0 saturated carbocycles. The second-order valence-corrected chi connectivity index (χ2v) is 7.79. The Morgan fingerprint density at radius 2 is 1.17 bits per heavy atom. The van der Waals surface area contributed by atoms with Crippen molar-refractivity contribution >= 4 is 24.3 Å². The van der Waals surface area contributed by atoms with Crippen molar-refractivity contribution in [3.05, 3.63) is 108 Å². The average Bonchev–Trinajstić information content (AvgIpc) is 2.79. The SMILES string of the molecule is COC(NC(=O)C(c1ccccc1)(c1ccccc1)c1ccccc1)C(=O)C(C)S. The quantitative estimate of drug-likeness (QED) is 0.330. The number of ketones is 1. The second kappa shape index (κ2) is 9.74. The van der Waals surface area contributed by atoms with Crippen LogP contribution in [0.3, 0.4) is 0 Å². The Labute approximate surface area is 182 Å². The average molecular weight is 420 g/mol. The summed E-state index contributed by atoms with van der Waals surface area (Å²) < 4.78 is 5.32. The Hall–Kier alpha value is -2.89. The number of hydrogen-bond donors (Lipinski definition) is 2. The predicted molar refractivity (Wildman–Crippen MR) is 122 cm³/mol. The van der Waals surface area contributed by atoms with E-state index < -0.39 is 16.9 Å². The van der Waals surface area contributed by atoms with Gasteiger partial charge in [-0.3, -0.25) is 9.59 Å². The van der Waals surface area contributed by atoms with E-state index in [0.717, 1.165) is 16.7 Å². The van der Waals surface area contributed by atoms with Gasteiger partial charge in [-0.15, -0.1) is 0 Å². The molecule has 0 saturated heterocycles. The van der Waals surface area contributed by atoms with Gasteiger partial charge in [-0.25, -0.2) is 0 Å². The lowest BCUT2D eigenvalue weighted by Gasteiger charge is -2.35. The van der Waals surface area contributed by atoms with Crippen molar-refractivity contribution < 1.29 is 14.3 Å². The van der Waals surface area contributed by atoms with Crippen molar-refractivity contribution in [2.75, 3.05) is 7.11 Å². The van der Waals surface area contributed by atoms with E-state index in [0.29, 0.717) is 0 Å². The van der Waals surface area contributed by atoms with Crippen LogP contribution < -0.4 is 5.32 Å².